The van der Waals surface area contributed by atoms with Crippen molar-refractivity contribution in [2.75, 3.05) is 5.32 Å². The fraction of sp³-hybridized carbons (Fsp3) is 0.278. The summed E-state index contributed by atoms with van der Waals surface area (Å²) in [5, 5.41) is 6.72. The number of anilines is 1. The number of hydrogen-bond donors (Lipinski definition) is 2. The van der Waals surface area contributed by atoms with Gasteiger partial charge in [-0.25, -0.2) is 5.43 Å². The number of carbonyl (C=O) groups is 2. The number of nitrogens with zero attached hydrogens (tertiary/aromatic N) is 1. The first-order valence-electron chi connectivity index (χ1n) is 7.69. The molecule has 0 aliphatic carbocycles. The van der Waals surface area contributed by atoms with Crippen molar-refractivity contribution in [3.8, 4) is 0 Å². The molecule has 6 heteroatoms. The molecule has 0 radical (unpaired) electrons. The van der Waals surface area contributed by atoms with E-state index >= 15 is 0 Å². The van der Waals surface area contributed by atoms with Crippen LogP contribution < -0.4 is 10.7 Å². The minimum absolute atomic E-state index is 0.0948. The zero-order chi connectivity index (χ0) is 17.5. The first-order chi connectivity index (χ1) is 11.4. The van der Waals surface area contributed by atoms with E-state index in [9.17, 15) is 9.59 Å². The molecule has 0 bridgehead atoms. The van der Waals surface area contributed by atoms with Gasteiger partial charge in [-0.1, -0.05) is 17.7 Å². The highest BCUT2D eigenvalue weighted by molar-refractivity contribution is 7.13. The zero-order valence-electron chi connectivity index (χ0n) is 14.1. The molecule has 2 aromatic rings. The van der Waals surface area contributed by atoms with Crippen LogP contribution in [-0.2, 0) is 9.59 Å². The predicted molar refractivity (Wildman–Crippen MR) is 98.6 cm³/mol. The number of rotatable bonds is 6. The third-order valence-corrected chi connectivity index (χ3v) is 4.31. The smallest absolute Gasteiger partial charge is 0.240 e. The maximum Gasteiger partial charge on any atom is 0.240 e. The molecule has 1 aromatic carbocycles. The van der Waals surface area contributed by atoms with Crippen LogP contribution in [0.3, 0.4) is 0 Å². The van der Waals surface area contributed by atoms with Crippen molar-refractivity contribution in [3.63, 3.8) is 0 Å². The molecule has 126 valence electrons. The first-order valence-corrected chi connectivity index (χ1v) is 8.51. The van der Waals surface area contributed by atoms with E-state index < -0.39 is 0 Å². The fourth-order valence-electron chi connectivity index (χ4n) is 2.14. The molecule has 5 nitrogen and oxygen atoms in total. The molecule has 0 atom stereocenters. The fourth-order valence-corrected chi connectivity index (χ4v) is 2.89. The van der Waals surface area contributed by atoms with E-state index in [1.165, 1.54) is 4.88 Å². The molecule has 2 rings (SSSR count). The van der Waals surface area contributed by atoms with Crippen molar-refractivity contribution in [2.24, 2.45) is 5.10 Å². The Morgan fingerprint density at radius 3 is 2.50 bits per heavy atom. The van der Waals surface area contributed by atoms with Crippen LogP contribution in [0.4, 0.5) is 5.69 Å². The highest BCUT2D eigenvalue weighted by atomic mass is 32.1. The highest BCUT2D eigenvalue weighted by Crippen LogP contribution is 2.16. The molecule has 1 aromatic heterocycles. The average Bonchev–Trinajstić information content (AvgIpc) is 2.93. The van der Waals surface area contributed by atoms with Gasteiger partial charge in [0, 0.05) is 28.3 Å². The SMILES string of the molecule is Cc1ccc(NC(=O)CCC(=O)N/N=C/c2ccc(C)s2)c(C)c1. The summed E-state index contributed by atoms with van der Waals surface area (Å²) >= 11 is 1.60. The lowest BCUT2D eigenvalue weighted by Gasteiger charge is -2.08. The Morgan fingerprint density at radius 1 is 1.08 bits per heavy atom. The van der Waals surface area contributed by atoms with Crippen LogP contribution in [0.2, 0.25) is 0 Å². The van der Waals surface area contributed by atoms with Gasteiger partial charge < -0.3 is 5.32 Å². The van der Waals surface area contributed by atoms with Gasteiger partial charge in [0.05, 0.1) is 6.21 Å². The molecule has 0 unspecified atom stereocenters. The molecular formula is C18H21N3O2S. The lowest BCUT2D eigenvalue weighted by atomic mass is 10.1. The van der Waals surface area contributed by atoms with Gasteiger partial charge in [-0.2, -0.15) is 5.10 Å². The van der Waals surface area contributed by atoms with Crippen molar-refractivity contribution in [3.05, 3.63) is 51.2 Å². The van der Waals surface area contributed by atoms with Crippen molar-refractivity contribution in [2.45, 2.75) is 33.6 Å². The summed E-state index contributed by atoms with van der Waals surface area (Å²) in [6, 6.07) is 9.74. The van der Waals surface area contributed by atoms with Crippen molar-refractivity contribution in [1.29, 1.82) is 0 Å². The van der Waals surface area contributed by atoms with Crippen LogP contribution in [0.25, 0.3) is 0 Å². The topological polar surface area (TPSA) is 70.6 Å². The van der Waals surface area contributed by atoms with E-state index in [2.05, 4.69) is 15.8 Å². The number of benzene rings is 1. The van der Waals surface area contributed by atoms with Gasteiger partial charge >= 0.3 is 0 Å². The number of hydrogen-bond acceptors (Lipinski definition) is 4. The minimum atomic E-state index is -0.282. The largest absolute Gasteiger partial charge is 0.326 e. The summed E-state index contributed by atoms with van der Waals surface area (Å²) in [4.78, 5) is 25.8. The number of hydrazone groups is 1. The second-order valence-electron chi connectivity index (χ2n) is 5.61. The Bertz CT molecular complexity index is 765. The quantitative estimate of drug-likeness (QED) is 0.622. The van der Waals surface area contributed by atoms with E-state index in [1.54, 1.807) is 17.6 Å². The van der Waals surface area contributed by atoms with Gasteiger partial charge in [-0.05, 0) is 44.5 Å². The molecule has 24 heavy (non-hydrogen) atoms. The minimum Gasteiger partial charge on any atom is -0.326 e. The summed E-state index contributed by atoms with van der Waals surface area (Å²) < 4.78 is 0. The van der Waals surface area contributed by atoms with Crippen LogP contribution in [0.15, 0.2) is 35.4 Å². The van der Waals surface area contributed by atoms with Gasteiger partial charge in [0.25, 0.3) is 0 Å². The van der Waals surface area contributed by atoms with Gasteiger partial charge in [0.1, 0.15) is 0 Å². The van der Waals surface area contributed by atoms with E-state index in [1.807, 2.05) is 51.1 Å². The lowest BCUT2D eigenvalue weighted by Crippen LogP contribution is -2.20. The molecule has 0 aliphatic heterocycles. The summed E-state index contributed by atoms with van der Waals surface area (Å²) in [5.74, 6) is -0.467. The van der Waals surface area contributed by atoms with Crippen molar-refractivity contribution < 1.29 is 9.59 Å². The van der Waals surface area contributed by atoms with Gasteiger partial charge in [-0.3, -0.25) is 9.59 Å². The Morgan fingerprint density at radius 2 is 1.83 bits per heavy atom. The van der Waals surface area contributed by atoms with Crippen LogP contribution in [-0.4, -0.2) is 18.0 Å². The Kier molecular flexibility index (Phi) is 6.26. The van der Waals surface area contributed by atoms with Crippen molar-refractivity contribution >= 4 is 35.1 Å². The third-order valence-electron chi connectivity index (χ3n) is 3.38. The second kappa shape index (κ2) is 8.40. The third kappa shape index (κ3) is 5.62. The lowest BCUT2D eigenvalue weighted by molar-refractivity contribution is -0.124. The molecule has 0 fully saturated rings. The van der Waals surface area contributed by atoms with Crippen LogP contribution in [0, 0.1) is 20.8 Å². The average molecular weight is 343 g/mol. The highest BCUT2D eigenvalue weighted by Gasteiger charge is 2.08. The van der Waals surface area contributed by atoms with E-state index in [0.29, 0.717) is 0 Å². The molecule has 0 saturated carbocycles. The number of thiophene rings is 1. The Labute approximate surface area is 145 Å². The van der Waals surface area contributed by atoms with Crippen molar-refractivity contribution in [1.82, 2.24) is 5.43 Å². The molecule has 2 amide bonds. The first kappa shape index (κ1) is 17.9. The molecule has 1 heterocycles. The zero-order valence-corrected chi connectivity index (χ0v) is 14.9. The summed E-state index contributed by atoms with van der Waals surface area (Å²) in [6.45, 7) is 5.95. The maximum atomic E-state index is 11.9. The molecule has 2 N–H and O–H groups in total. The van der Waals surface area contributed by atoms with E-state index in [-0.39, 0.29) is 24.7 Å². The molecular weight excluding hydrogens is 322 g/mol. The monoisotopic (exact) mass is 343 g/mol. The summed E-state index contributed by atoms with van der Waals surface area (Å²) in [5.41, 5.74) is 5.36. The van der Waals surface area contributed by atoms with Crippen LogP contribution in [0.5, 0.6) is 0 Å². The summed E-state index contributed by atoms with van der Waals surface area (Å²) in [7, 11) is 0. The van der Waals surface area contributed by atoms with Gasteiger partial charge in [0.2, 0.25) is 11.8 Å². The normalized spacial score (nSPS) is 10.8. The predicted octanol–water partition coefficient (Wildman–Crippen LogP) is 3.54. The molecule has 0 aliphatic rings. The Hall–Kier alpha value is -2.47. The maximum absolute atomic E-state index is 11.9. The van der Waals surface area contributed by atoms with E-state index in [4.69, 9.17) is 0 Å². The standard InChI is InChI=1S/C18H21N3O2S/c1-12-4-7-16(13(2)10-12)20-17(22)8-9-18(23)21-19-11-15-6-5-14(3)24-15/h4-7,10-11H,8-9H2,1-3H3,(H,20,22)(H,21,23)/b19-11+. The number of amides is 2. The Balaban J connectivity index is 1.74. The number of carbonyl (C=O) groups excluding carboxylic acids is 2. The van der Waals surface area contributed by atoms with Gasteiger partial charge in [0.15, 0.2) is 0 Å². The number of aryl methyl sites for hydroxylation is 3. The molecule has 0 saturated heterocycles. The summed E-state index contributed by atoms with van der Waals surface area (Å²) in [6.07, 6.45) is 1.82. The molecule has 0 spiro atoms. The van der Waals surface area contributed by atoms with Gasteiger partial charge in [-0.15, -0.1) is 11.3 Å². The second-order valence-corrected chi connectivity index (χ2v) is 6.93. The number of nitrogens with one attached hydrogen (secondary N) is 2. The van der Waals surface area contributed by atoms with Crippen LogP contribution >= 0.6 is 11.3 Å². The van der Waals surface area contributed by atoms with E-state index in [0.717, 1.165) is 21.7 Å². The van der Waals surface area contributed by atoms with Crippen LogP contribution in [0.1, 0.15) is 33.7 Å².